The number of hydrogen-bond donors (Lipinski definition) is 5. The molecule has 1 aromatic rings. The maximum Gasteiger partial charge on any atom is 0.469 e. The van der Waals surface area contributed by atoms with Gasteiger partial charge in [0.05, 0.1) is 19.3 Å². The van der Waals surface area contributed by atoms with Crippen molar-refractivity contribution in [3.05, 3.63) is 47.5 Å². The first kappa shape index (κ1) is 47.2. The van der Waals surface area contributed by atoms with Crippen molar-refractivity contribution in [2.45, 2.75) is 115 Å². The first-order chi connectivity index (χ1) is 28.8. The number of unbranched alkanes of at least 4 members (excludes halogenated alkanes) is 2. The maximum atomic E-state index is 14.9. The van der Waals surface area contributed by atoms with E-state index in [-0.39, 0.29) is 44.2 Å². The highest BCUT2D eigenvalue weighted by atomic mass is 31.2. The summed E-state index contributed by atoms with van der Waals surface area (Å²) in [4.78, 5) is 121. The molecule has 22 heteroatoms. The topological polar surface area (TPSA) is 251 Å². The number of benzene rings is 1. The first-order valence-corrected chi connectivity index (χ1v) is 21.8. The van der Waals surface area contributed by atoms with Crippen LogP contribution in [-0.2, 0) is 58.5 Å². The Labute approximate surface area is 351 Å². The predicted octanol–water partition coefficient (Wildman–Crippen LogP) is 0.217. The Bertz CT molecular complexity index is 1910. The second-order valence-corrected chi connectivity index (χ2v) is 17.1. The molecular formula is C39H53F2N6O13P. The van der Waals surface area contributed by atoms with Crippen molar-refractivity contribution in [1.29, 1.82) is 0 Å². The van der Waals surface area contributed by atoms with Crippen LogP contribution in [0.2, 0.25) is 0 Å². The number of morpholine rings is 1. The molecule has 0 aliphatic carbocycles. The highest BCUT2D eigenvalue weighted by Crippen LogP contribution is 2.41. The number of carbonyl (C=O) groups excluding carboxylic acids is 7. The number of allylic oxidation sites excluding steroid dienone is 1. The molecule has 0 bridgehead atoms. The number of phosphoric acid groups is 1. The Balaban J connectivity index is 1.57. The Kier molecular flexibility index (Phi) is 15.8. The van der Waals surface area contributed by atoms with Crippen LogP contribution in [0.1, 0.15) is 65.4 Å². The molecule has 6 amide bonds. The number of carbonyl (C=O) groups is 7. The van der Waals surface area contributed by atoms with Crippen molar-refractivity contribution in [3.8, 4) is 0 Å². The Morgan fingerprint density at radius 1 is 0.967 bits per heavy atom. The molecule has 9 atom stereocenters. The molecule has 0 radical (unpaired) electrons. The predicted molar refractivity (Wildman–Crippen MR) is 208 cm³/mol. The van der Waals surface area contributed by atoms with E-state index in [2.05, 4.69) is 16.0 Å². The molecule has 1 aromatic carbocycles. The number of halogens is 2. The number of nitrogens with zero attached hydrogens (tertiary/aromatic N) is 3. The average Bonchev–Trinajstić information content (AvgIpc) is 3.79. The van der Waals surface area contributed by atoms with Gasteiger partial charge in [0.25, 0.3) is 0 Å². The third-order valence-corrected chi connectivity index (χ3v) is 11.5. The molecule has 19 nitrogen and oxygen atoms in total. The van der Waals surface area contributed by atoms with Gasteiger partial charge in [0.2, 0.25) is 35.4 Å². The SMILES string of the molecule is CCCC/C=C/C(=O)N[C@@H](Cc1cc(F)cc(F)c1)C(=O)N[C@@H]1C(=O)N2C[C@H](OP(=O)(O)O)C[C@H]2C(=O)N2CCOC[C@H]2C(=O)N[C@@H](C)C(=O)N2C[C@H](C)C[C@H]2C(=O)O[C@H]1C. The smallest absolute Gasteiger partial charge is 0.458 e. The minimum atomic E-state index is -5.21. The van der Waals surface area contributed by atoms with Crippen LogP contribution < -0.4 is 16.0 Å². The Morgan fingerprint density at radius 3 is 2.33 bits per heavy atom. The molecule has 4 aliphatic heterocycles. The number of nitrogens with one attached hydrogen (secondary N) is 3. The largest absolute Gasteiger partial charge is 0.469 e. The molecule has 4 saturated heterocycles. The van der Waals surface area contributed by atoms with Crippen LogP contribution in [0.25, 0.3) is 0 Å². The number of amides is 6. The van der Waals surface area contributed by atoms with E-state index in [4.69, 9.17) is 14.0 Å². The number of hydrogen-bond acceptors (Lipinski definition) is 11. The minimum Gasteiger partial charge on any atom is -0.458 e. The van der Waals surface area contributed by atoms with Gasteiger partial charge in [-0.05, 0) is 56.4 Å². The lowest BCUT2D eigenvalue weighted by Gasteiger charge is -2.39. The lowest BCUT2D eigenvalue weighted by atomic mass is 10.0. The van der Waals surface area contributed by atoms with Crippen LogP contribution in [0, 0.1) is 17.6 Å². The quantitative estimate of drug-likeness (QED) is 0.0865. The fourth-order valence-electron chi connectivity index (χ4n) is 8.00. The molecule has 0 spiro atoms. The summed E-state index contributed by atoms with van der Waals surface area (Å²) in [7, 11) is -5.21. The van der Waals surface area contributed by atoms with Gasteiger partial charge in [0.15, 0.2) is 0 Å². The van der Waals surface area contributed by atoms with Gasteiger partial charge in [-0.3, -0.25) is 33.3 Å². The second kappa shape index (κ2) is 20.4. The fourth-order valence-corrected chi connectivity index (χ4v) is 8.54. The number of ether oxygens (including phenoxy) is 2. The molecule has 336 valence electrons. The number of rotatable bonds is 11. The van der Waals surface area contributed by atoms with Gasteiger partial charge >= 0.3 is 13.8 Å². The molecule has 0 saturated carbocycles. The number of esters is 1. The van der Waals surface area contributed by atoms with E-state index in [1.54, 1.807) is 13.0 Å². The molecule has 0 unspecified atom stereocenters. The third kappa shape index (κ3) is 12.2. The van der Waals surface area contributed by atoms with Gasteiger partial charge in [-0.15, -0.1) is 0 Å². The number of phosphoric ester groups is 1. The summed E-state index contributed by atoms with van der Waals surface area (Å²) >= 11 is 0. The normalized spacial score (nSPS) is 28.5. The third-order valence-electron chi connectivity index (χ3n) is 10.9. The molecule has 5 rings (SSSR count). The average molecular weight is 883 g/mol. The summed E-state index contributed by atoms with van der Waals surface area (Å²) < 4.78 is 56.9. The summed E-state index contributed by atoms with van der Waals surface area (Å²) in [6, 6.07) is -6.21. The van der Waals surface area contributed by atoms with E-state index in [9.17, 15) is 56.7 Å². The molecule has 4 aliphatic rings. The van der Waals surface area contributed by atoms with Gasteiger partial charge < -0.3 is 49.9 Å². The van der Waals surface area contributed by atoms with Crippen LogP contribution in [0.4, 0.5) is 8.78 Å². The van der Waals surface area contributed by atoms with Crippen LogP contribution in [0.3, 0.4) is 0 Å². The number of fused-ring (bicyclic) bond motifs is 3. The van der Waals surface area contributed by atoms with Crippen molar-refractivity contribution in [2.75, 3.05) is 32.8 Å². The van der Waals surface area contributed by atoms with Crippen LogP contribution in [-0.4, -0.2) is 147 Å². The molecule has 5 N–H and O–H groups in total. The zero-order valence-corrected chi connectivity index (χ0v) is 35.2. The highest BCUT2D eigenvalue weighted by Gasteiger charge is 2.50. The molecular weight excluding hydrogens is 829 g/mol. The summed E-state index contributed by atoms with van der Waals surface area (Å²) in [6.07, 6.45) is 1.06. The Morgan fingerprint density at radius 2 is 1.66 bits per heavy atom. The van der Waals surface area contributed by atoms with Crippen molar-refractivity contribution in [2.24, 2.45) is 5.92 Å². The Hall–Kier alpha value is -4.82. The lowest BCUT2D eigenvalue weighted by Crippen LogP contribution is -2.64. The van der Waals surface area contributed by atoms with Crippen LogP contribution in [0.15, 0.2) is 30.4 Å². The fraction of sp³-hybridized carbons (Fsp3) is 0.615. The lowest BCUT2D eigenvalue weighted by molar-refractivity contribution is -0.164. The minimum absolute atomic E-state index is 0.0256. The van der Waals surface area contributed by atoms with E-state index in [0.29, 0.717) is 12.5 Å². The van der Waals surface area contributed by atoms with E-state index in [0.717, 1.165) is 34.8 Å². The van der Waals surface area contributed by atoms with E-state index in [1.807, 2.05) is 6.92 Å². The standard InChI is InChI=1S/C39H53F2N6O13P/c1-5-6-7-8-9-32(48)43-28(15-24-13-25(40)16-26(41)14-24)34(49)44-33-23(4)59-39(54)30-12-21(2)18-46(30)36(51)22(3)42-35(50)31-20-58-11-10-45(31)37(52)29-17-27(60-61(55,56)57)19-47(29)38(33)53/h8-9,13-14,16,21-23,27-31,33H,5-7,10-12,15,17-20H2,1-4H3,(H,42,50)(H,43,48)(H,44,49)(H2,55,56,57)/b9-8+/t21-,22+,23+,27-,28+,29+,30+,31+,33+/m1/s1. The zero-order valence-electron chi connectivity index (χ0n) is 34.3. The molecule has 0 aromatic heterocycles. The van der Waals surface area contributed by atoms with Crippen molar-refractivity contribution >= 4 is 49.2 Å². The van der Waals surface area contributed by atoms with Gasteiger partial charge in [-0.2, -0.15) is 0 Å². The van der Waals surface area contributed by atoms with Gasteiger partial charge in [-0.1, -0.05) is 32.8 Å². The number of cyclic esters (lactones) is 1. The van der Waals surface area contributed by atoms with Crippen molar-refractivity contribution in [1.82, 2.24) is 30.7 Å². The summed E-state index contributed by atoms with van der Waals surface area (Å²) in [5, 5.41) is 7.58. The van der Waals surface area contributed by atoms with Crippen molar-refractivity contribution in [3.63, 3.8) is 0 Å². The van der Waals surface area contributed by atoms with Gasteiger partial charge in [0.1, 0.15) is 54.0 Å². The summed E-state index contributed by atoms with van der Waals surface area (Å²) in [5.74, 6) is -8.29. The van der Waals surface area contributed by atoms with E-state index in [1.165, 1.54) is 24.8 Å². The molecule has 4 heterocycles. The van der Waals surface area contributed by atoms with Gasteiger partial charge in [0, 0.05) is 38.5 Å². The summed E-state index contributed by atoms with van der Waals surface area (Å²) in [6.45, 7) is 5.43. The summed E-state index contributed by atoms with van der Waals surface area (Å²) in [5.41, 5.74) is -0.0437. The van der Waals surface area contributed by atoms with Crippen LogP contribution in [0.5, 0.6) is 0 Å². The zero-order chi connectivity index (χ0) is 44.8. The van der Waals surface area contributed by atoms with Crippen molar-refractivity contribution < 1.29 is 70.7 Å². The highest BCUT2D eigenvalue weighted by molar-refractivity contribution is 7.46. The van der Waals surface area contributed by atoms with Gasteiger partial charge in [-0.25, -0.2) is 18.1 Å². The molecule has 61 heavy (non-hydrogen) atoms. The van der Waals surface area contributed by atoms with Crippen LogP contribution >= 0.6 is 7.82 Å². The van der Waals surface area contributed by atoms with E-state index < -0.39 is 129 Å². The maximum absolute atomic E-state index is 14.9. The first-order valence-electron chi connectivity index (χ1n) is 20.2. The van der Waals surface area contributed by atoms with E-state index >= 15 is 0 Å². The molecule has 4 fully saturated rings. The second-order valence-electron chi connectivity index (χ2n) is 15.9. The monoisotopic (exact) mass is 882 g/mol.